The molecule has 0 saturated carbocycles. The second kappa shape index (κ2) is 7.70. The minimum Gasteiger partial charge on any atom is -0.343 e. The number of hydrogen-bond donors (Lipinski definition) is 2. The van der Waals surface area contributed by atoms with Gasteiger partial charge in [0.05, 0.1) is 17.1 Å². The Bertz CT molecular complexity index is 788. The average Bonchev–Trinajstić information content (AvgIpc) is 2.53. The number of Topliss-reactive ketones (excluding diaryl/α,β-unsaturated/α-hetero) is 1. The topological polar surface area (TPSA) is 75.3 Å². The van der Waals surface area contributed by atoms with Gasteiger partial charge in [0.25, 0.3) is 5.91 Å². The third-order valence-electron chi connectivity index (χ3n) is 3.15. The summed E-state index contributed by atoms with van der Waals surface area (Å²) in [5.74, 6) is -2.20. The number of rotatable bonds is 5. The maximum Gasteiger partial charge on any atom is 0.256 e. The molecule has 124 valence electrons. The van der Waals surface area contributed by atoms with E-state index in [-0.39, 0.29) is 22.9 Å². The number of benzene rings is 2. The summed E-state index contributed by atoms with van der Waals surface area (Å²) in [6.45, 7) is 1.05. The molecule has 24 heavy (non-hydrogen) atoms. The van der Waals surface area contributed by atoms with Crippen molar-refractivity contribution in [2.45, 2.75) is 6.92 Å². The molecule has 0 heterocycles. The lowest BCUT2D eigenvalue weighted by Gasteiger charge is -2.09. The van der Waals surface area contributed by atoms with Crippen molar-refractivity contribution in [1.29, 1.82) is 0 Å². The van der Waals surface area contributed by atoms with Crippen LogP contribution in [-0.4, -0.2) is 24.1 Å². The van der Waals surface area contributed by atoms with Crippen LogP contribution in [0, 0.1) is 5.82 Å². The number of amides is 2. The average molecular weight is 349 g/mol. The van der Waals surface area contributed by atoms with Gasteiger partial charge in [-0.2, -0.15) is 0 Å². The van der Waals surface area contributed by atoms with Gasteiger partial charge in [0.2, 0.25) is 5.91 Å². The first kappa shape index (κ1) is 17.6. The number of anilines is 1. The van der Waals surface area contributed by atoms with Gasteiger partial charge in [-0.1, -0.05) is 29.8 Å². The van der Waals surface area contributed by atoms with Crippen LogP contribution in [0.4, 0.5) is 10.1 Å². The second-order valence-electron chi connectivity index (χ2n) is 4.96. The van der Waals surface area contributed by atoms with Crippen molar-refractivity contribution in [2.24, 2.45) is 0 Å². The summed E-state index contributed by atoms with van der Waals surface area (Å²) in [6.07, 6.45) is 0. The number of halogens is 2. The van der Waals surface area contributed by atoms with E-state index in [4.69, 9.17) is 11.6 Å². The monoisotopic (exact) mass is 348 g/mol. The summed E-state index contributed by atoms with van der Waals surface area (Å²) >= 11 is 5.78. The fraction of sp³-hybridized carbons (Fsp3) is 0.118. The lowest BCUT2D eigenvalue weighted by molar-refractivity contribution is -0.115. The molecule has 0 aliphatic carbocycles. The van der Waals surface area contributed by atoms with E-state index in [1.807, 2.05) is 0 Å². The first-order chi connectivity index (χ1) is 11.4. The maximum absolute atomic E-state index is 13.6. The Hall–Kier alpha value is -2.73. The molecule has 0 aliphatic heterocycles. The van der Waals surface area contributed by atoms with Gasteiger partial charge in [-0.05, 0) is 31.2 Å². The number of nitrogens with one attached hydrogen (secondary N) is 2. The maximum atomic E-state index is 13.6. The number of carbonyl (C=O) groups is 3. The van der Waals surface area contributed by atoms with Crippen molar-refractivity contribution in [2.75, 3.05) is 11.9 Å². The highest BCUT2D eigenvalue weighted by Gasteiger charge is 2.16. The molecule has 2 N–H and O–H groups in total. The van der Waals surface area contributed by atoms with Gasteiger partial charge in [-0.25, -0.2) is 4.39 Å². The minimum atomic E-state index is -0.786. The van der Waals surface area contributed by atoms with E-state index in [1.165, 1.54) is 25.1 Å². The minimum absolute atomic E-state index is 0.0398. The number of ketones is 1. The van der Waals surface area contributed by atoms with Crippen molar-refractivity contribution in [3.05, 3.63) is 64.4 Å². The molecule has 2 amide bonds. The van der Waals surface area contributed by atoms with Gasteiger partial charge in [0, 0.05) is 11.3 Å². The van der Waals surface area contributed by atoms with Crippen LogP contribution < -0.4 is 10.6 Å². The SMILES string of the molecule is CC(=O)c1cccc(NC(=O)CNC(=O)c2c(F)cccc2Cl)c1. The zero-order valence-electron chi connectivity index (χ0n) is 12.7. The third-order valence-corrected chi connectivity index (χ3v) is 3.47. The van der Waals surface area contributed by atoms with Gasteiger partial charge in [0.1, 0.15) is 5.82 Å². The number of carbonyl (C=O) groups excluding carboxylic acids is 3. The quantitative estimate of drug-likeness (QED) is 0.815. The molecular formula is C17H14ClFN2O3. The van der Waals surface area contributed by atoms with E-state index in [0.29, 0.717) is 11.3 Å². The summed E-state index contributed by atoms with van der Waals surface area (Å²) in [6, 6.07) is 10.3. The summed E-state index contributed by atoms with van der Waals surface area (Å²) < 4.78 is 13.6. The van der Waals surface area contributed by atoms with Gasteiger partial charge in [-0.3, -0.25) is 14.4 Å². The van der Waals surface area contributed by atoms with Crippen LogP contribution in [0.5, 0.6) is 0 Å². The Kier molecular flexibility index (Phi) is 5.65. The predicted octanol–water partition coefficient (Wildman–Crippen LogP) is 3.05. The predicted molar refractivity (Wildman–Crippen MR) is 88.8 cm³/mol. The normalized spacial score (nSPS) is 10.1. The highest BCUT2D eigenvalue weighted by molar-refractivity contribution is 6.33. The van der Waals surface area contributed by atoms with Crippen LogP contribution >= 0.6 is 11.6 Å². The van der Waals surface area contributed by atoms with Crippen LogP contribution in [0.25, 0.3) is 0 Å². The molecule has 5 nitrogen and oxygen atoms in total. The molecule has 0 unspecified atom stereocenters. The first-order valence-corrected chi connectivity index (χ1v) is 7.39. The molecule has 0 bridgehead atoms. The molecule has 0 saturated heterocycles. The fourth-order valence-electron chi connectivity index (χ4n) is 1.98. The highest BCUT2D eigenvalue weighted by Crippen LogP contribution is 2.18. The van der Waals surface area contributed by atoms with Crippen molar-refractivity contribution in [1.82, 2.24) is 5.32 Å². The third kappa shape index (κ3) is 4.39. The molecule has 0 atom stereocenters. The van der Waals surface area contributed by atoms with E-state index in [2.05, 4.69) is 10.6 Å². The van der Waals surface area contributed by atoms with Crippen molar-refractivity contribution < 1.29 is 18.8 Å². The molecule has 0 aliphatic rings. The highest BCUT2D eigenvalue weighted by atomic mass is 35.5. The smallest absolute Gasteiger partial charge is 0.256 e. The van der Waals surface area contributed by atoms with E-state index >= 15 is 0 Å². The van der Waals surface area contributed by atoms with E-state index < -0.39 is 17.6 Å². The largest absolute Gasteiger partial charge is 0.343 e. The molecule has 7 heteroatoms. The van der Waals surface area contributed by atoms with Crippen molar-refractivity contribution >= 4 is 34.9 Å². The zero-order chi connectivity index (χ0) is 17.7. The van der Waals surface area contributed by atoms with Crippen LogP contribution in [-0.2, 0) is 4.79 Å². The molecule has 2 rings (SSSR count). The van der Waals surface area contributed by atoms with Crippen molar-refractivity contribution in [3.63, 3.8) is 0 Å². The molecule has 0 fully saturated rings. The van der Waals surface area contributed by atoms with Gasteiger partial charge < -0.3 is 10.6 Å². The van der Waals surface area contributed by atoms with Gasteiger partial charge in [0.15, 0.2) is 5.78 Å². The zero-order valence-corrected chi connectivity index (χ0v) is 13.5. The standard InChI is InChI=1S/C17H14ClFN2O3/c1-10(22)11-4-2-5-12(8-11)21-15(23)9-20-17(24)16-13(18)6-3-7-14(16)19/h2-8H,9H2,1H3,(H,20,24)(H,21,23). The van der Waals surface area contributed by atoms with Gasteiger partial charge >= 0.3 is 0 Å². The van der Waals surface area contributed by atoms with Gasteiger partial charge in [-0.15, -0.1) is 0 Å². The molecule has 0 radical (unpaired) electrons. The van der Waals surface area contributed by atoms with Crippen LogP contribution in [0.2, 0.25) is 5.02 Å². The molecule has 2 aromatic rings. The fourth-order valence-corrected chi connectivity index (χ4v) is 2.23. The Morgan fingerprint density at radius 1 is 1.12 bits per heavy atom. The Balaban J connectivity index is 1.97. The van der Waals surface area contributed by atoms with E-state index in [0.717, 1.165) is 6.07 Å². The molecule has 0 aromatic heterocycles. The molecular weight excluding hydrogens is 335 g/mol. The molecule has 0 spiro atoms. The Labute approximate surface area is 142 Å². The summed E-state index contributed by atoms with van der Waals surface area (Å²) in [4.78, 5) is 35.1. The van der Waals surface area contributed by atoms with Crippen LogP contribution in [0.1, 0.15) is 27.6 Å². The second-order valence-corrected chi connectivity index (χ2v) is 5.37. The van der Waals surface area contributed by atoms with Crippen LogP contribution in [0.15, 0.2) is 42.5 Å². The lowest BCUT2D eigenvalue weighted by Crippen LogP contribution is -2.33. The van der Waals surface area contributed by atoms with E-state index in [1.54, 1.807) is 18.2 Å². The molecule has 2 aromatic carbocycles. The first-order valence-electron chi connectivity index (χ1n) is 7.01. The lowest BCUT2D eigenvalue weighted by atomic mass is 10.1. The Morgan fingerprint density at radius 3 is 2.50 bits per heavy atom. The Morgan fingerprint density at radius 2 is 1.83 bits per heavy atom. The summed E-state index contributed by atoms with van der Waals surface area (Å²) in [5.41, 5.74) is 0.561. The van der Waals surface area contributed by atoms with Crippen LogP contribution in [0.3, 0.4) is 0 Å². The van der Waals surface area contributed by atoms with E-state index in [9.17, 15) is 18.8 Å². The summed E-state index contributed by atoms with van der Waals surface area (Å²) in [7, 11) is 0. The number of hydrogen-bond acceptors (Lipinski definition) is 3. The van der Waals surface area contributed by atoms with Crippen molar-refractivity contribution in [3.8, 4) is 0 Å². The summed E-state index contributed by atoms with van der Waals surface area (Å²) in [5, 5.41) is 4.80.